The molecule has 1 aromatic heterocycles. The normalized spacial score (nSPS) is 11.3. The van der Waals surface area contributed by atoms with Crippen LogP contribution in [-0.4, -0.2) is 18.4 Å². The fourth-order valence-electron chi connectivity index (χ4n) is 1.72. The Balaban J connectivity index is 2.46. The number of sulfonamides is 1. The summed E-state index contributed by atoms with van der Waals surface area (Å²) in [7, 11) is -3.78. The third-order valence-corrected chi connectivity index (χ3v) is 4.49. The van der Waals surface area contributed by atoms with Gasteiger partial charge in [0, 0.05) is 11.8 Å². The summed E-state index contributed by atoms with van der Waals surface area (Å²) in [5, 5.41) is 0.151. The standard InChI is InChI=1S/C12H13ClN4O2S/c1-7-3-9(14)4-10(8(7)2)20(18,19)17-12-5-11(13)15-6-16-12/h3-6H,14H2,1-2H3,(H,15,16,17). The van der Waals surface area contributed by atoms with Crippen LogP contribution >= 0.6 is 11.6 Å². The van der Waals surface area contributed by atoms with E-state index in [-0.39, 0.29) is 15.9 Å². The summed E-state index contributed by atoms with van der Waals surface area (Å²) in [6, 6.07) is 4.46. The fraction of sp³-hybridized carbons (Fsp3) is 0.167. The topological polar surface area (TPSA) is 98.0 Å². The van der Waals surface area contributed by atoms with Crippen molar-refractivity contribution in [1.82, 2.24) is 9.97 Å². The van der Waals surface area contributed by atoms with Crippen molar-refractivity contribution < 1.29 is 8.42 Å². The van der Waals surface area contributed by atoms with E-state index in [1.54, 1.807) is 19.9 Å². The van der Waals surface area contributed by atoms with E-state index in [0.717, 1.165) is 5.56 Å². The molecule has 0 amide bonds. The Morgan fingerprint density at radius 3 is 2.55 bits per heavy atom. The summed E-state index contributed by atoms with van der Waals surface area (Å²) in [6.45, 7) is 3.52. The molecule has 6 nitrogen and oxygen atoms in total. The van der Waals surface area contributed by atoms with Crippen LogP contribution in [0.4, 0.5) is 11.5 Å². The molecule has 0 fully saturated rings. The lowest BCUT2D eigenvalue weighted by molar-refractivity contribution is 0.600. The van der Waals surface area contributed by atoms with Gasteiger partial charge in [-0.15, -0.1) is 0 Å². The molecule has 106 valence electrons. The van der Waals surface area contributed by atoms with Crippen LogP contribution in [0.15, 0.2) is 29.4 Å². The van der Waals surface area contributed by atoms with Gasteiger partial charge in [-0.1, -0.05) is 11.6 Å². The smallest absolute Gasteiger partial charge is 0.263 e. The third kappa shape index (κ3) is 3.00. The molecule has 0 radical (unpaired) electrons. The van der Waals surface area contributed by atoms with Crippen LogP contribution < -0.4 is 10.5 Å². The van der Waals surface area contributed by atoms with E-state index < -0.39 is 10.0 Å². The molecule has 0 bridgehead atoms. The number of hydrogen-bond donors (Lipinski definition) is 2. The Bertz CT molecular complexity index is 762. The first-order valence-corrected chi connectivity index (χ1v) is 7.53. The van der Waals surface area contributed by atoms with Crippen molar-refractivity contribution in [3.63, 3.8) is 0 Å². The van der Waals surface area contributed by atoms with Crippen LogP contribution in [0.5, 0.6) is 0 Å². The summed E-state index contributed by atoms with van der Waals surface area (Å²) in [5.41, 5.74) is 7.52. The Morgan fingerprint density at radius 2 is 1.90 bits per heavy atom. The second kappa shape index (κ2) is 5.26. The van der Waals surface area contributed by atoms with Crippen molar-refractivity contribution in [3.8, 4) is 0 Å². The molecule has 3 N–H and O–H groups in total. The maximum atomic E-state index is 12.4. The van der Waals surface area contributed by atoms with Gasteiger partial charge in [0.05, 0.1) is 4.90 Å². The first-order chi connectivity index (χ1) is 9.29. The Hall–Kier alpha value is -1.86. The van der Waals surface area contributed by atoms with Crippen molar-refractivity contribution >= 4 is 33.1 Å². The predicted octanol–water partition coefficient (Wildman–Crippen LogP) is 2.13. The number of halogens is 1. The Morgan fingerprint density at radius 1 is 1.20 bits per heavy atom. The largest absolute Gasteiger partial charge is 0.399 e. The molecule has 1 heterocycles. The number of nitrogens with two attached hydrogens (primary N) is 1. The van der Waals surface area contributed by atoms with E-state index in [1.807, 2.05) is 0 Å². The second-order valence-electron chi connectivity index (χ2n) is 4.29. The molecule has 0 unspecified atom stereocenters. The summed E-state index contributed by atoms with van der Waals surface area (Å²) in [5.74, 6) is 0.101. The number of hydrogen-bond acceptors (Lipinski definition) is 5. The highest BCUT2D eigenvalue weighted by Crippen LogP contribution is 2.24. The SMILES string of the molecule is Cc1cc(N)cc(S(=O)(=O)Nc2cc(Cl)ncn2)c1C. The summed E-state index contributed by atoms with van der Waals surface area (Å²) in [6.07, 6.45) is 1.18. The third-order valence-electron chi connectivity index (χ3n) is 2.80. The second-order valence-corrected chi connectivity index (χ2v) is 6.33. The molecule has 0 aliphatic carbocycles. The number of aryl methyl sites for hydroxylation is 1. The monoisotopic (exact) mass is 312 g/mol. The number of nitrogen functional groups attached to an aromatic ring is 1. The van der Waals surface area contributed by atoms with Crippen molar-refractivity contribution in [3.05, 3.63) is 40.8 Å². The van der Waals surface area contributed by atoms with E-state index in [9.17, 15) is 8.42 Å². The predicted molar refractivity (Wildman–Crippen MR) is 78.2 cm³/mol. The maximum Gasteiger partial charge on any atom is 0.263 e. The van der Waals surface area contributed by atoms with E-state index in [0.29, 0.717) is 11.3 Å². The zero-order chi connectivity index (χ0) is 14.9. The van der Waals surface area contributed by atoms with Gasteiger partial charge < -0.3 is 5.73 Å². The quantitative estimate of drug-likeness (QED) is 0.668. The molecular weight excluding hydrogens is 300 g/mol. The minimum atomic E-state index is -3.78. The van der Waals surface area contributed by atoms with Crippen LogP contribution in [0, 0.1) is 13.8 Å². The zero-order valence-corrected chi connectivity index (χ0v) is 12.5. The van der Waals surface area contributed by atoms with E-state index >= 15 is 0 Å². The highest BCUT2D eigenvalue weighted by molar-refractivity contribution is 7.92. The number of anilines is 2. The van der Waals surface area contributed by atoms with Crippen molar-refractivity contribution in [2.45, 2.75) is 18.7 Å². The van der Waals surface area contributed by atoms with E-state index in [1.165, 1.54) is 18.5 Å². The van der Waals surface area contributed by atoms with Gasteiger partial charge in [0.2, 0.25) is 0 Å². The minimum absolute atomic E-state index is 0.101. The number of rotatable bonds is 3. The molecule has 0 atom stereocenters. The maximum absolute atomic E-state index is 12.4. The molecule has 2 rings (SSSR count). The number of nitrogens with zero attached hydrogens (tertiary/aromatic N) is 2. The average molecular weight is 313 g/mol. The Kier molecular flexibility index (Phi) is 3.82. The summed E-state index contributed by atoms with van der Waals surface area (Å²) < 4.78 is 27.1. The highest BCUT2D eigenvalue weighted by Gasteiger charge is 2.19. The zero-order valence-electron chi connectivity index (χ0n) is 10.9. The summed E-state index contributed by atoms with van der Waals surface area (Å²) >= 11 is 5.70. The van der Waals surface area contributed by atoms with Crippen LogP contribution in [0.2, 0.25) is 5.15 Å². The lowest BCUT2D eigenvalue weighted by Gasteiger charge is -2.12. The van der Waals surface area contributed by atoms with Gasteiger partial charge in [-0.25, -0.2) is 18.4 Å². The van der Waals surface area contributed by atoms with Gasteiger partial charge in [-0.2, -0.15) is 0 Å². The van der Waals surface area contributed by atoms with Crippen molar-refractivity contribution in [2.24, 2.45) is 0 Å². The fourth-order valence-corrected chi connectivity index (χ4v) is 3.21. The molecule has 20 heavy (non-hydrogen) atoms. The highest BCUT2D eigenvalue weighted by atomic mass is 35.5. The van der Waals surface area contributed by atoms with Crippen LogP contribution in [0.1, 0.15) is 11.1 Å². The van der Waals surface area contributed by atoms with Gasteiger partial charge >= 0.3 is 0 Å². The van der Waals surface area contributed by atoms with Crippen LogP contribution in [0.3, 0.4) is 0 Å². The van der Waals surface area contributed by atoms with Gasteiger partial charge in [-0.3, -0.25) is 4.72 Å². The first kappa shape index (κ1) is 14.5. The van der Waals surface area contributed by atoms with E-state index in [2.05, 4.69) is 14.7 Å². The Labute approximate surface area is 122 Å². The summed E-state index contributed by atoms with van der Waals surface area (Å²) in [4.78, 5) is 7.61. The van der Waals surface area contributed by atoms with Gasteiger partial charge in [0.1, 0.15) is 17.3 Å². The molecular formula is C12H13ClN4O2S. The number of nitrogens with one attached hydrogen (secondary N) is 1. The molecule has 0 aliphatic rings. The first-order valence-electron chi connectivity index (χ1n) is 5.66. The minimum Gasteiger partial charge on any atom is -0.399 e. The number of benzene rings is 1. The molecule has 2 aromatic rings. The van der Waals surface area contributed by atoms with E-state index in [4.69, 9.17) is 17.3 Å². The lowest BCUT2D eigenvalue weighted by Crippen LogP contribution is -2.16. The molecule has 8 heteroatoms. The van der Waals surface area contributed by atoms with Crippen LogP contribution in [0.25, 0.3) is 0 Å². The molecule has 0 aliphatic heterocycles. The number of aromatic nitrogens is 2. The molecule has 0 saturated heterocycles. The van der Waals surface area contributed by atoms with Gasteiger partial charge in [-0.05, 0) is 37.1 Å². The lowest BCUT2D eigenvalue weighted by atomic mass is 10.1. The van der Waals surface area contributed by atoms with Crippen molar-refractivity contribution in [2.75, 3.05) is 10.5 Å². The molecule has 1 aromatic carbocycles. The van der Waals surface area contributed by atoms with Gasteiger partial charge in [0.15, 0.2) is 0 Å². The van der Waals surface area contributed by atoms with Gasteiger partial charge in [0.25, 0.3) is 10.0 Å². The van der Waals surface area contributed by atoms with Crippen LogP contribution in [-0.2, 0) is 10.0 Å². The average Bonchev–Trinajstić information content (AvgIpc) is 2.33. The molecule has 0 spiro atoms. The van der Waals surface area contributed by atoms with Crippen molar-refractivity contribution in [1.29, 1.82) is 0 Å². The molecule has 0 saturated carbocycles.